The van der Waals surface area contributed by atoms with Gasteiger partial charge in [-0.2, -0.15) is 0 Å². The molecule has 2 rings (SSSR count). The Labute approximate surface area is 133 Å². The second kappa shape index (κ2) is 6.06. The monoisotopic (exact) mass is 399 g/mol. The molecule has 0 aliphatic rings. The molecule has 1 amide bonds. The molecule has 2 nitrogen and oxygen atoms in total. The van der Waals surface area contributed by atoms with E-state index in [0.717, 1.165) is 21.3 Å². The normalized spacial score (nSPS) is 10.4. The molecule has 104 valence electrons. The van der Waals surface area contributed by atoms with Gasteiger partial charge in [0.1, 0.15) is 5.82 Å². The number of amides is 1. The van der Waals surface area contributed by atoms with Crippen molar-refractivity contribution in [2.45, 2.75) is 13.8 Å². The predicted molar refractivity (Wildman–Crippen MR) is 85.7 cm³/mol. The molecule has 0 saturated heterocycles. The third-order valence-electron chi connectivity index (χ3n) is 2.91. The number of halogens is 3. The Morgan fingerprint density at radius 2 is 1.70 bits per heavy atom. The molecule has 5 heteroatoms. The fourth-order valence-corrected chi connectivity index (χ4v) is 3.18. The largest absolute Gasteiger partial charge is 0.321 e. The van der Waals surface area contributed by atoms with Crippen molar-refractivity contribution < 1.29 is 9.18 Å². The van der Waals surface area contributed by atoms with Crippen LogP contribution in [0.1, 0.15) is 21.5 Å². The Balaban J connectivity index is 2.33. The highest BCUT2D eigenvalue weighted by atomic mass is 79.9. The zero-order valence-electron chi connectivity index (χ0n) is 10.9. The minimum atomic E-state index is -0.385. The van der Waals surface area contributed by atoms with Crippen LogP contribution in [0.15, 0.2) is 39.3 Å². The summed E-state index contributed by atoms with van der Waals surface area (Å²) in [5, 5.41) is 2.87. The van der Waals surface area contributed by atoms with Crippen molar-refractivity contribution in [3.05, 3.63) is 61.8 Å². The first-order valence-corrected chi connectivity index (χ1v) is 7.50. The maximum absolute atomic E-state index is 13.0. The van der Waals surface area contributed by atoms with Crippen molar-refractivity contribution in [1.29, 1.82) is 0 Å². The molecule has 0 aliphatic carbocycles. The molecule has 2 aromatic carbocycles. The van der Waals surface area contributed by atoms with Crippen LogP contribution in [-0.4, -0.2) is 5.91 Å². The molecule has 0 atom stereocenters. The van der Waals surface area contributed by atoms with E-state index >= 15 is 0 Å². The van der Waals surface area contributed by atoms with Crippen molar-refractivity contribution in [1.82, 2.24) is 0 Å². The zero-order valence-corrected chi connectivity index (χ0v) is 14.1. The molecule has 0 spiro atoms. The number of carbonyl (C=O) groups is 1. The van der Waals surface area contributed by atoms with E-state index in [2.05, 4.69) is 37.2 Å². The van der Waals surface area contributed by atoms with Gasteiger partial charge in [-0.05, 0) is 71.2 Å². The van der Waals surface area contributed by atoms with Crippen LogP contribution in [-0.2, 0) is 0 Å². The van der Waals surface area contributed by atoms with E-state index in [1.54, 1.807) is 0 Å². The molecule has 0 radical (unpaired) electrons. The van der Waals surface area contributed by atoms with Gasteiger partial charge < -0.3 is 5.32 Å². The summed E-state index contributed by atoms with van der Waals surface area (Å²) >= 11 is 6.62. The van der Waals surface area contributed by atoms with E-state index in [9.17, 15) is 9.18 Å². The number of nitrogens with one attached hydrogen (secondary N) is 1. The number of hydrogen-bond acceptors (Lipinski definition) is 1. The zero-order chi connectivity index (χ0) is 14.9. The maximum Gasteiger partial charge on any atom is 0.256 e. The predicted octanol–water partition coefficient (Wildman–Crippen LogP) is 5.22. The van der Waals surface area contributed by atoms with Gasteiger partial charge >= 0.3 is 0 Å². The van der Waals surface area contributed by atoms with Crippen LogP contribution >= 0.6 is 31.9 Å². The van der Waals surface area contributed by atoms with Crippen molar-refractivity contribution in [3.63, 3.8) is 0 Å². The summed E-state index contributed by atoms with van der Waals surface area (Å²) in [5.41, 5.74) is 3.09. The van der Waals surface area contributed by atoms with Crippen molar-refractivity contribution in [2.24, 2.45) is 0 Å². The van der Waals surface area contributed by atoms with Gasteiger partial charge in [-0.3, -0.25) is 4.79 Å². The van der Waals surface area contributed by atoms with Gasteiger partial charge in [0.05, 0.1) is 5.56 Å². The third-order valence-corrected chi connectivity index (χ3v) is 4.03. The van der Waals surface area contributed by atoms with Gasteiger partial charge in [0.15, 0.2) is 0 Å². The van der Waals surface area contributed by atoms with Crippen LogP contribution in [0.4, 0.5) is 10.1 Å². The van der Waals surface area contributed by atoms with Crippen molar-refractivity contribution in [3.8, 4) is 0 Å². The molecule has 1 N–H and O–H groups in total. The summed E-state index contributed by atoms with van der Waals surface area (Å²) in [6.45, 7) is 3.85. The van der Waals surface area contributed by atoms with Gasteiger partial charge in [0.2, 0.25) is 0 Å². The van der Waals surface area contributed by atoms with Gasteiger partial charge in [0.25, 0.3) is 5.91 Å². The standard InChI is InChI=1S/C15H12Br2FNO/c1-8-5-10(16)6-9(2)14(8)19-15(20)12-4-3-11(18)7-13(12)17/h3-7H,1-2H3,(H,19,20). The Bertz CT molecular complexity index is 663. The summed E-state index contributed by atoms with van der Waals surface area (Å²) in [7, 11) is 0. The second-order valence-corrected chi connectivity index (χ2v) is 6.26. The molecule has 0 aromatic heterocycles. The van der Waals surface area contributed by atoms with E-state index < -0.39 is 0 Å². The van der Waals surface area contributed by atoms with E-state index in [-0.39, 0.29) is 11.7 Å². The first-order chi connectivity index (χ1) is 9.38. The Morgan fingerprint density at radius 1 is 1.10 bits per heavy atom. The van der Waals surface area contributed by atoms with Crippen LogP contribution < -0.4 is 5.32 Å². The third kappa shape index (κ3) is 3.27. The summed E-state index contributed by atoms with van der Waals surface area (Å²) < 4.78 is 14.4. The number of benzene rings is 2. The van der Waals surface area contributed by atoms with Gasteiger partial charge in [-0.25, -0.2) is 4.39 Å². The van der Waals surface area contributed by atoms with Crippen LogP contribution in [0.3, 0.4) is 0 Å². The highest BCUT2D eigenvalue weighted by Gasteiger charge is 2.13. The number of carbonyl (C=O) groups excluding carboxylic acids is 1. The topological polar surface area (TPSA) is 29.1 Å². The van der Waals surface area contributed by atoms with Crippen molar-refractivity contribution >= 4 is 43.5 Å². The highest BCUT2D eigenvalue weighted by molar-refractivity contribution is 9.10. The molecule has 20 heavy (non-hydrogen) atoms. The molecule has 0 heterocycles. The lowest BCUT2D eigenvalue weighted by Crippen LogP contribution is -2.14. The SMILES string of the molecule is Cc1cc(Br)cc(C)c1NC(=O)c1ccc(F)cc1Br. The second-order valence-electron chi connectivity index (χ2n) is 4.49. The summed E-state index contributed by atoms with van der Waals surface area (Å²) in [5.74, 6) is -0.658. The van der Waals surface area contributed by atoms with Gasteiger partial charge in [0, 0.05) is 14.6 Å². The lowest BCUT2D eigenvalue weighted by atomic mass is 10.1. The van der Waals surface area contributed by atoms with Crippen LogP contribution in [0.5, 0.6) is 0 Å². The summed E-state index contributed by atoms with van der Waals surface area (Å²) in [6, 6.07) is 7.86. The molecule has 0 bridgehead atoms. The molecular weight excluding hydrogens is 389 g/mol. The molecule has 0 fully saturated rings. The highest BCUT2D eigenvalue weighted by Crippen LogP contribution is 2.26. The van der Waals surface area contributed by atoms with Crippen LogP contribution in [0.2, 0.25) is 0 Å². The lowest BCUT2D eigenvalue weighted by Gasteiger charge is -2.13. The Kier molecular flexibility index (Phi) is 4.60. The smallest absolute Gasteiger partial charge is 0.256 e. The minimum Gasteiger partial charge on any atom is -0.321 e. The van der Waals surface area contributed by atoms with E-state index in [4.69, 9.17) is 0 Å². The average Bonchev–Trinajstić information content (AvgIpc) is 2.33. The fraction of sp³-hybridized carbons (Fsp3) is 0.133. The number of hydrogen-bond donors (Lipinski definition) is 1. The lowest BCUT2D eigenvalue weighted by molar-refractivity contribution is 0.102. The van der Waals surface area contributed by atoms with Gasteiger partial charge in [-0.1, -0.05) is 15.9 Å². The summed E-state index contributed by atoms with van der Waals surface area (Å²) in [6.07, 6.45) is 0. The molecular formula is C15H12Br2FNO. The molecule has 0 aliphatic heterocycles. The Hall–Kier alpha value is -1.20. The van der Waals surface area contributed by atoms with E-state index in [0.29, 0.717) is 10.0 Å². The first-order valence-electron chi connectivity index (χ1n) is 5.91. The number of anilines is 1. The molecule has 0 unspecified atom stereocenters. The average molecular weight is 401 g/mol. The number of aryl methyl sites for hydroxylation is 2. The summed E-state index contributed by atoms with van der Waals surface area (Å²) in [4.78, 5) is 12.3. The molecule has 0 saturated carbocycles. The molecule has 2 aromatic rings. The van der Waals surface area contributed by atoms with Gasteiger partial charge in [-0.15, -0.1) is 0 Å². The Morgan fingerprint density at radius 3 is 2.25 bits per heavy atom. The first kappa shape index (κ1) is 15.2. The van der Waals surface area contributed by atoms with Crippen LogP contribution in [0.25, 0.3) is 0 Å². The maximum atomic E-state index is 13.0. The van der Waals surface area contributed by atoms with E-state index in [1.807, 2.05) is 26.0 Å². The minimum absolute atomic E-state index is 0.273. The fourth-order valence-electron chi connectivity index (χ4n) is 1.96. The van der Waals surface area contributed by atoms with Crippen molar-refractivity contribution in [2.75, 3.05) is 5.32 Å². The van der Waals surface area contributed by atoms with E-state index in [1.165, 1.54) is 18.2 Å². The number of rotatable bonds is 2. The van der Waals surface area contributed by atoms with Crippen LogP contribution in [0, 0.1) is 19.7 Å². The quantitative estimate of drug-likeness (QED) is 0.735.